The summed E-state index contributed by atoms with van der Waals surface area (Å²) in [6.07, 6.45) is 6.63. The van der Waals surface area contributed by atoms with E-state index in [1.165, 1.54) is 20.3 Å². The van der Waals surface area contributed by atoms with Crippen LogP contribution in [0.2, 0.25) is 0 Å². The van der Waals surface area contributed by atoms with Crippen molar-refractivity contribution in [2.45, 2.75) is 32.7 Å². The average Bonchev–Trinajstić information content (AvgIpc) is 2.51. The number of methoxy groups -OCH3 is 2. The normalized spacial score (nSPS) is 18.7. The van der Waals surface area contributed by atoms with E-state index in [-0.39, 0.29) is 12.0 Å². The van der Waals surface area contributed by atoms with Gasteiger partial charge in [-0.3, -0.25) is 0 Å². The van der Waals surface area contributed by atoms with Crippen LogP contribution in [0.4, 0.5) is 0 Å². The van der Waals surface area contributed by atoms with Gasteiger partial charge >= 0.3 is 11.9 Å². The topological polar surface area (TPSA) is 59.1 Å². The molecule has 0 fully saturated rings. The summed E-state index contributed by atoms with van der Waals surface area (Å²) in [7, 11) is 2.71. The van der Waals surface area contributed by atoms with Crippen molar-refractivity contribution >= 4 is 11.9 Å². The lowest BCUT2D eigenvalue weighted by molar-refractivity contribution is -0.137. The zero-order valence-electron chi connectivity index (χ0n) is 13.2. The zero-order chi connectivity index (χ0) is 15.8. The molecule has 0 bridgehead atoms. The van der Waals surface area contributed by atoms with Gasteiger partial charge in [-0.05, 0) is 12.8 Å². The van der Waals surface area contributed by atoms with E-state index < -0.39 is 5.97 Å². The van der Waals surface area contributed by atoms with Crippen molar-refractivity contribution in [1.29, 1.82) is 0 Å². The molecular formula is C15H24N2O4. The van der Waals surface area contributed by atoms with Gasteiger partial charge in [0.2, 0.25) is 0 Å². The Morgan fingerprint density at radius 2 is 2.05 bits per heavy atom. The maximum Gasteiger partial charge on any atom is 0.337 e. The number of hydrogen-bond donors (Lipinski definition) is 0. The molecule has 118 valence electrons. The standard InChI is InChI=1S/C15H24N2O4/c1-5-8-16-10-12(15(19)21-4)13(6-2)17(11-16)9-7-14(18)20-3/h7,9-10,13H,5-6,8,11H2,1-4H3/b9-7+. The van der Waals surface area contributed by atoms with Gasteiger partial charge in [0.05, 0.1) is 32.5 Å². The van der Waals surface area contributed by atoms with Crippen molar-refractivity contribution < 1.29 is 19.1 Å². The number of nitrogens with zero attached hydrogens (tertiary/aromatic N) is 2. The fraction of sp³-hybridized carbons (Fsp3) is 0.600. The van der Waals surface area contributed by atoms with Crippen molar-refractivity contribution in [3.63, 3.8) is 0 Å². The van der Waals surface area contributed by atoms with E-state index in [0.29, 0.717) is 12.2 Å². The fourth-order valence-corrected chi connectivity index (χ4v) is 2.37. The van der Waals surface area contributed by atoms with E-state index in [1.807, 2.05) is 22.9 Å². The van der Waals surface area contributed by atoms with Gasteiger partial charge in [-0.2, -0.15) is 0 Å². The lowest BCUT2D eigenvalue weighted by Gasteiger charge is -2.40. The van der Waals surface area contributed by atoms with Gasteiger partial charge in [0.15, 0.2) is 0 Å². The van der Waals surface area contributed by atoms with Crippen LogP contribution in [0.1, 0.15) is 26.7 Å². The van der Waals surface area contributed by atoms with E-state index >= 15 is 0 Å². The maximum atomic E-state index is 12.0. The molecule has 0 aliphatic carbocycles. The maximum absolute atomic E-state index is 12.0. The molecule has 0 aromatic carbocycles. The van der Waals surface area contributed by atoms with Crippen molar-refractivity contribution in [1.82, 2.24) is 9.80 Å². The predicted molar refractivity (Wildman–Crippen MR) is 79.0 cm³/mol. The monoisotopic (exact) mass is 296 g/mol. The molecule has 0 aromatic heterocycles. The van der Waals surface area contributed by atoms with Gasteiger partial charge in [0.25, 0.3) is 0 Å². The third-order valence-corrected chi connectivity index (χ3v) is 3.35. The summed E-state index contributed by atoms with van der Waals surface area (Å²) < 4.78 is 9.47. The van der Waals surface area contributed by atoms with Crippen molar-refractivity contribution in [3.8, 4) is 0 Å². The molecule has 0 saturated carbocycles. The SMILES string of the molecule is CCCN1C=C(C(=O)OC)C(CC)N(/C=C/C(=O)OC)C1. The molecule has 1 heterocycles. The second-order valence-corrected chi connectivity index (χ2v) is 4.81. The summed E-state index contributed by atoms with van der Waals surface area (Å²) in [5.74, 6) is -0.750. The Bertz CT molecular complexity index is 431. The number of carbonyl (C=O) groups is 2. The van der Waals surface area contributed by atoms with E-state index in [2.05, 4.69) is 11.7 Å². The molecule has 1 atom stereocenters. The van der Waals surface area contributed by atoms with Crippen LogP contribution in [0.15, 0.2) is 24.0 Å². The van der Waals surface area contributed by atoms with Crippen LogP contribution in [0.3, 0.4) is 0 Å². The van der Waals surface area contributed by atoms with Crippen LogP contribution in [0.25, 0.3) is 0 Å². The molecule has 0 radical (unpaired) electrons. The minimum Gasteiger partial charge on any atom is -0.466 e. The Balaban J connectivity index is 3.02. The highest BCUT2D eigenvalue weighted by atomic mass is 16.5. The summed E-state index contributed by atoms with van der Waals surface area (Å²) in [6.45, 7) is 5.53. The van der Waals surface area contributed by atoms with E-state index in [4.69, 9.17) is 4.74 Å². The number of ether oxygens (including phenoxy) is 2. The molecule has 21 heavy (non-hydrogen) atoms. The van der Waals surface area contributed by atoms with Gasteiger partial charge in [-0.25, -0.2) is 9.59 Å². The summed E-state index contributed by atoms with van der Waals surface area (Å²) in [5, 5.41) is 0. The Morgan fingerprint density at radius 3 is 2.57 bits per heavy atom. The molecule has 6 heteroatoms. The second-order valence-electron chi connectivity index (χ2n) is 4.81. The third kappa shape index (κ3) is 4.51. The lowest BCUT2D eigenvalue weighted by Crippen LogP contribution is -2.46. The molecule has 1 aliphatic rings. The molecule has 0 aromatic rings. The van der Waals surface area contributed by atoms with Gasteiger partial charge in [-0.15, -0.1) is 0 Å². The number of esters is 2. The summed E-state index contributed by atoms with van der Waals surface area (Å²) in [5.41, 5.74) is 0.606. The third-order valence-electron chi connectivity index (χ3n) is 3.35. The summed E-state index contributed by atoms with van der Waals surface area (Å²) in [6, 6.07) is -0.105. The van der Waals surface area contributed by atoms with Crippen LogP contribution in [-0.4, -0.2) is 55.2 Å². The average molecular weight is 296 g/mol. The highest BCUT2D eigenvalue weighted by Gasteiger charge is 2.30. The summed E-state index contributed by atoms with van der Waals surface area (Å²) in [4.78, 5) is 27.2. The van der Waals surface area contributed by atoms with Gasteiger partial charge in [-0.1, -0.05) is 13.8 Å². The van der Waals surface area contributed by atoms with E-state index in [0.717, 1.165) is 19.4 Å². The van der Waals surface area contributed by atoms with Crippen LogP contribution in [-0.2, 0) is 19.1 Å². The van der Waals surface area contributed by atoms with Crippen LogP contribution in [0, 0.1) is 0 Å². The van der Waals surface area contributed by atoms with Crippen molar-refractivity contribution in [2.24, 2.45) is 0 Å². The number of hydrogen-bond acceptors (Lipinski definition) is 6. The van der Waals surface area contributed by atoms with Crippen LogP contribution in [0.5, 0.6) is 0 Å². The largest absolute Gasteiger partial charge is 0.466 e. The second kappa shape index (κ2) is 8.34. The Hall–Kier alpha value is -1.98. The van der Waals surface area contributed by atoms with Gasteiger partial charge in [0, 0.05) is 25.0 Å². The molecule has 1 rings (SSSR count). The Morgan fingerprint density at radius 1 is 1.33 bits per heavy atom. The molecule has 0 saturated heterocycles. The van der Waals surface area contributed by atoms with Crippen LogP contribution >= 0.6 is 0 Å². The van der Waals surface area contributed by atoms with Crippen molar-refractivity contribution in [2.75, 3.05) is 27.4 Å². The first-order valence-electron chi connectivity index (χ1n) is 7.13. The first-order chi connectivity index (χ1) is 10.1. The quantitative estimate of drug-likeness (QED) is 0.547. The van der Waals surface area contributed by atoms with E-state index in [1.54, 1.807) is 6.20 Å². The van der Waals surface area contributed by atoms with Crippen molar-refractivity contribution in [3.05, 3.63) is 24.0 Å². The van der Waals surface area contributed by atoms with Gasteiger partial charge in [0.1, 0.15) is 0 Å². The molecule has 1 aliphatic heterocycles. The lowest BCUT2D eigenvalue weighted by atomic mass is 10.0. The summed E-state index contributed by atoms with van der Waals surface area (Å²) >= 11 is 0. The smallest absolute Gasteiger partial charge is 0.337 e. The first-order valence-corrected chi connectivity index (χ1v) is 7.13. The zero-order valence-corrected chi connectivity index (χ0v) is 13.2. The highest BCUT2D eigenvalue weighted by molar-refractivity contribution is 5.90. The van der Waals surface area contributed by atoms with Crippen LogP contribution < -0.4 is 0 Å². The first kappa shape index (κ1) is 17.1. The molecule has 0 amide bonds. The van der Waals surface area contributed by atoms with Gasteiger partial charge < -0.3 is 19.3 Å². The minimum atomic E-state index is -0.416. The number of rotatable bonds is 6. The molecular weight excluding hydrogens is 272 g/mol. The molecule has 0 spiro atoms. The molecule has 0 N–H and O–H groups in total. The molecule has 1 unspecified atom stereocenters. The van der Waals surface area contributed by atoms with E-state index in [9.17, 15) is 9.59 Å². The Kier molecular flexibility index (Phi) is 6.78. The Labute approximate surface area is 126 Å². The minimum absolute atomic E-state index is 0.105. The molecule has 6 nitrogen and oxygen atoms in total. The number of carbonyl (C=O) groups excluding carboxylic acids is 2. The predicted octanol–water partition coefficient (Wildman–Crippen LogP) is 1.49. The highest BCUT2D eigenvalue weighted by Crippen LogP contribution is 2.23. The fourth-order valence-electron chi connectivity index (χ4n) is 2.37.